The number of ether oxygens (including phenoxy) is 2. The highest BCUT2D eigenvalue weighted by Gasteiger charge is 2.42. The summed E-state index contributed by atoms with van der Waals surface area (Å²) >= 11 is 9.73. The lowest BCUT2D eigenvalue weighted by Gasteiger charge is -2.35. The van der Waals surface area contributed by atoms with Crippen LogP contribution in [0.3, 0.4) is 0 Å². The van der Waals surface area contributed by atoms with Crippen LogP contribution in [0, 0.1) is 0 Å². The number of amides is 1. The smallest absolute Gasteiger partial charge is 0.411 e. The molecule has 1 unspecified atom stereocenters. The molecule has 0 aliphatic carbocycles. The van der Waals surface area contributed by atoms with Gasteiger partial charge in [0.15, 0.2) is 11.6 Å². The molecule has 0 saturated carbocycles. The third kappa shape index (κ3) is 3.94. The zero-order valence-corrected chi connectivity index (χ0v) is 17.9. The molecule has 0 spiro atoms. The number of hydrogen-bond acceptors (Lipinski definition) is 5. The number of benzene rings is 1. The molecule has 2 aromatic rings. The number of rotatable bonds is 2. The van der Waals surface area contributed by atoms with E-state index in [0.717, 1.165) is 4.47 Å². The van der Waals surface area contributed by atoms with Crippen molar-refractivity contribution in [2.45, 2.75) is 45.8 Å². The van der Waals surface area contributed by atoms with Gasteiger partial charge in [-0.25, -0.2) is 9.59 Å². The molecule has 2 heterocycles. The lowest BCUT2D eigenvalue weighted by Crippen LogP contribution is -2.46. The van der Waals surface area contributed by atoms with E-state index in [2.05, 4.69) is 15.9 Å². The number of furan rings is 1. The predicted octanol–water partition coefficient (Wildman–Crippen LogP) is 5.25. The minimum Gasteiger partial charge on any atom is -0.464 e. The van der Waals surface area contributed by atoms with E-state index in [4.69, 9.17) is 25.5 Å². The Balaban J connectivity index is 2.14. The van der Waals surface area contributed by atoms with Crippen LogP contribution in [-0.2, 0) is 20.7 Å². The summed E-state index contributed by atoms with van der Waals surface area (Å²) in [6, 6.07) is 2.60. The molecule has 0 N–H and O–H groups in total. The summed E-state index contributed by atoms with van der Waals surface area (Å²) < 4.78 is 17.4. The number of nitrogens with zero attached hydrogens (tertiary/aromatic N) is 1. The molecule has 0 bridgehead atoms. The van der Waals surface area contributed by atoms with Gasteiger partial charge in [0.2, 0.25) is 0 Å². The number of esters is 1. The first-order valence-electron chi connectivity index (χ1n) is 8.69. The summed E-state index contributed by atoms with van der Waals surface area (Å²) in [6.07, 6.45) is -0.116. The maximum absolute atomic E-state index is 12.8. The summed E-state index contributed by atoms with van der Waals surface area (Å²) in [4.78, 5) is 27.0. The van der Waals surface area contributed by atoms with Crippen LogP contribution >= 0.6 is 27.5 Å². The summed E-state index contributed by atoms with van der Waals surface area (Å²) in [5.74, 6) is 0.103. The van der Waals surface area contributed by atoms with Gasteiger partial charge < -0.3 is 13.9 Å². The van der Waals surface area contributed by atoms with Crippen LogP contribution in [0.4, 0.5) is 4.79 Å². The van der Waals surface area contributed by atoms with E-state index in [0.29, 0.717) is 33.7 Å². The van der Waals surface area contributed by atoms with Crippen LogP contribution in [0.1, 0.15) is 45.1 Å². The number of carbonyl (C=O) groups is 2. The van der Waals surface area contributed by atoms with Crippen molar-refractivity contribution in [3.05, 3.63) is 33.0 Å². The summed E-state index contributed by atoms with van der Waals surface area (Å²) in [7, 11) is 0. The van der Waals surface area contributed by atoms with Crippen LogP contribution in [0.25, 0.3) is 11.0 Å². The van der Waals surface area contributed by atoms with E-state index < -0.39 is 23.7 Å². The van der Waals surface area contributed by atoms with Gasteiger partial charge in [-0.1, -0.05) is 27.5 Å². The van der Waals surface area contributed by atoms with Gasteiger partial charge in [-0.2, -0.15) is 0 Å². The van der Waals surface area contributed by atoms with Gasteiger partial charge in [0, 0.05) is 28.4 Å². The minimum atomic E-state index is -0.949. The Hall–Kier alpha value is -1.73. The summed E-state index contributed by atoms with van der Waals surface area (Å²) in [6.45, 7) is 7.55. The molecule has 1 aromatic heterocycles. The van der Waals surface area contributed by atoms with Gasteiger partial charge in [0.1, 0.15) is 11.4 Å². The Morgan fingerprint density at radius 1 is 1.37 bits per heavy atom. The molecule has 6 nitrogen and oxygen atoms in total. The molecule has 1 aliphatic rings. The second kappa shape index (κ2) is 7.36. The molecule has 1 aliphatic heterocycles. The second-order valence-corrected chi connectivity index (χ2v) is 8.60. The van der Waals surface area contributed by atoms with Gasteiger partial charge in [0.25, 0.3) is 0 Å². The van der Waals surface area contributed by atoms with Crippen molar-refractivity contribution < 1.29 is 23.5 Å². The maximum atomic E-state index is 12.8. The molecular weight excluding hydrogens is 438 g/mol. The number of carbonyl (C=O) groups excluding carboxylic acids is 2. The van der Waals surface area contributed by atoms with Gasteiger partial charge >= 0.3 is 12.1 Å². The normalized spacial score (nSPS) is 17.0. The van der Waals surface area contributed by atoms with Crippen LogP contribution in [0.15, 0.2) is 21.0 Å². The van der Waals surface area contributed by atoms with Crippen LogP contribution in [0.5, 0.6) is 0 Å². The fraction of sp³-hybridized carbons (Fsp3) is 0.474. The first-order chi connectivity index (χ1) is 12.6. The largest absolute Gasteiger partial charge is 0.464 e. The van der Waals surface area contributed by atoms with Crippen molar-refractivity contribution >= 4 is 50.6 Å². The summed E-state index contributed by atoms with van der Waals surface area (Å²) in [5.41, 5.74) is 0.412. The zero-order valence-electron chi connectivity index (χ0n) is 15.6. The molecule has 3 rings (SSSR count). The van der Waals surface area contributed by atoms with Crippen molar-refractivity contribution in [1.29, 1.82) is 0 Å². The molecule has 0 saturated heterocycles. The maximum Gasteiger partial charge on any atom is 0.411 e. The molecule has 146 valence electrons. The standard InChI is InChI=1S/C19H21BrClNO5/c1-5-25-17(23)15-14-11-8-10(20)9-12(21)16(11)26-13(14)6-7-22(15)18(24)27-19(2,3)4/h8-9,15H,5-7H2,1-4H3. The first-order valence-corrected chi connectivity index (χ1v) is 9.86. The Labute approximate surface area is 170 Å². The van der Waals surface area contributed by atoms with E-state index in [1.165, 1.54) is 4.90 Å². The van der Waals surface area contributed by atoms with Crippen LogP contribution in [0.2, 0.25) is 5.02 Å². The van der Waals surface area contributed by atoms with Gasteiger partial charge in [-0.05, 0) is 39.8 Å². The number of hydrogen-bond donors (Lipinski definition) is 0. The fourth-order valence-corrected chi connectivity index (χ4v) is 4.02. The second-order valence-electron chi connectivity index (χ2n) is 7.28. The van der Waals surface area contributed by atoms with E-state index in [-0.39, 0.29) is 13.2 Å². The molecular formula is C19H21BrClNO5. The lowest BCUT2D eigenvalue weighted by atomic mass is 9.96. The predicted molar refractivity (Wildman–Crippen MR) is 105 cm³/mol. The average molecular weight is 459 g/mol. The van der Waals surface area contributed by atoms with Crippen molar-refractivity contribution in [3.8, 4) is 0 Å². The highest BCUT2D eigenvalue weighted by Crippen LogP contribution is 2.42. The third-order valence-electron chi connectivity index (χ3n) is 4.13. The monoisotopic (exact) mass is 457 g/mol. The topological polar surface area (TPSA) is 69.0 Å². The van der Waals surface area contributed by atoms with Gasteiger partial charge in [-0.15, -0.1) is 0 Å². The van der Waals surface area contributed by atoms with E-state index in [1.54, 1.807) is 33.8 Å². The highest BCUT2D eigenvalue weighted by molar-refractivity contribution is 9.10. The third-order valence-corrected chi connectivity index (χ3v) is 4.87. The molecule has 8 heteroatoms. The van der Waals surface area contributed by atoms with E-state index in [1.807, 2.05) is 6.07 Å². The van der Waals surface area contributed by atoms with Crippen molar-refractivity contribution in [1.82, 2.24) is 4.90 Å². The molecule has 0 fully saturated rings. The first kappa shape index (κ1) is 20.0. The molecule has 1 amide bonds. The highest BCUT2D eigenvalue weighted by atomic mass is 79.9. The van der Waals surface area contributed by atoms with Crippen LogP contribution < -0.4 is 0 Å². The zero-order chi connectivity index (χ0) is 19.9. The quantitative estimate of drug-likeness (QED) is 0.575. The number of fused-ring (bicyclic) bond motifs is 3. The molecule has 0 radical (unpaired) electrons. The van der Waals surface area contributed by atoms with E-state index >= 15 is 0 Å². The number of halogens is 2. The minimum absolute atomic E-state index is 0.201. The SMILES string of the molecule is CCOC(=O)C1c2c(oc3c(Cl)cc(Br)cc23)CCN1C(=O)OC(C)(C)C. The van der Waals surface area contributed by atoms with Crippen molar-refractivity contribution in [3.63, 3.8) is 0 Å². The van der Waals surface area contributed by atoms with E-state index in [9.17, 15) is 9.59 Å². The Kier molecular flexibility index (Phi) is 5.45. The van der Waals surface area contributed by atoms with Crippen molar-refractivity contribution in [2.24, 2.45) is 0 Å². The Morgan fingerprint density at radius 3 is 2.70 bits per heavy atom. The average Bonchev–Trinajstić information content (AvgIpc) is 2.91. The summed E-state index contributed by atoms with van der Waals surface area (Å²) in [5, 5.41) is 1.11. The molecule has 27 heavy (non-hydrogen) atoms. The fourth-order valence-electron chi connectivity index (χ4n) is 3.17. The molecule has 1 aromatic carbocycles. The Morgan fingerprint density at radius 2 is 2.07 bits per heavy atom. The molecule has 1 atom stereocenters. The van der Waals surface area contributed by atoms with Gasteiger partial charge in [-0.3, -0.25) is 4.90 Å². The van der Waals surface area contributed by atoms with Crippen LogP contribution in [-0.4, -0.2) is 35.7 Å². The Bertz CT molecular complexity index is 902. The van der Waals surface area contributed by atoms with Gasteiger partial charge in [0.05, 0.1) is 11.6 Å². The van der Waals surface area contributed by atoms with Crippen molar-refractivity contribution in [2.75, 3.05) is 13.2 Å². The lowest BCUT2D eigenvalue weighted by molar-refractivity contribution is -0.150.